The quantitative estimate of drug-likeness (QED) is 0.700. The van der Waals surface area contributed by atoms with Crippen LogP contribution < -0.4 is 4.90 Å². The molecule has 1 aromatic carbocycles. The molecule has 0 aliphatic carbocycles. The minimum absolute atomic E-state index is 0.0849. The van der Waals surface area contributed by atoms with Gasteiger partial charge in [0.2, 0.25) is 0 Å². The van der Waals surface area contributed by atoms with E-state index in [9.17, 15) is 5.11 Å². The molecule has 0 aromatic heterocycles. The summed E-state index contributed by atoms with van der Waals surface area (Å²) < 4.78 is 0. The normalized spacial score (nSPS) is 10.1. The monoisotopic (exact) mass is 192 g/mol. The van der Waals surface area contributed by atoms with Crippen molar-refractivity contribution in [2.45, 2.75) is 26.7 Å². The molecule has 0 saturated carbocycles. The summed E-state index contributed by atoms with van der Waals surface area (Å²) in [5.74, 6) is 0.0849. The SMILES string of the molecule is CCCN(CCC)c1ccc([O])cc1. The summed E-state index contributed by atoms with van der Waals surface area (Å²) in [7, 11) is 0. The maximum atomic E-state index is 10.9. The average Bonchev–Trinajstić information content (AvgIpc) is 2.19. The lowest BCUT2D eigenvalue weighted by Crippen LogP contribution is -2.24. The highest BCUT2D eigenvalue weighted by molar-refractivity contribution is 5.48. The maximum absolute atomic E-state index is 10.9. The van der Waals surface area contributed by atoms with E-state index in [1.54, 1.807) is 12.1 Å². The lowest BCUT2D eigenvalue weighted by molar-refractivity contribution is 0.355. The summed E-state index contributed by atoms with van der Waals surface area (Å²) >= 11 is 0. The predicted octanol–water partition coefficient (Wildman–Crippen LogP) is 3.46. The maximum Gasteiger partial charge on any atom is 0.178 e. The van der Waals surface area contributed by atoms with Crippen LogP contribution in [0, 0.1) is 0 Å². The average molecular weight is 192 g/mol. The molecule has 0 amide bonds. The van der Waals surface area contributed by atoms with Gasteiger partial charge < -0.3 is 4.90 Å². The minimum Gasteiger partial charge on any atom is -0.372 e. The first-order valence-electron chi connectivity index (χ1n) is 5.30. The first kappa shape index (κ1) is 10.9. The summed E-state index contributed by atoms with van der Waals surface area (Å²) in [6.45, 7) is 6.47. The van der Waals surface area contributed by atoms with Crippen LogP contribution in [0.25, 0.3) is 0 Å². The van der Waals surface area contributed by atoms with Gasteiger partial charge in [-0.1, -0.05) is 13.8 Å². The molecule has 0 saturated heterocycles. The molecule has 0 aliphatic rings. The number of nitrogens with zero attached hydrogens (tertiary/aromatic N) is 1. The highest BCUT2D eigenvalue weighted by Crippen LogP contribution is 2.19. The zero-order chi connectivity index (χ0) is 10.4. The van der Waals surface area contributed by atoms with Gasteiger partial charge in [-0.15, -0.1) is 0 Å². The van der Waals surface area contributed by atoms with E-state index in [1.165, 1.54) is 0 Å². The summed E-state index contributed by atoms with van der Waals surface area (Å²) in [5, 5.41) is 10.9. The van der Waals surface area contributed by atoms with Gasteiger partial charge >= 0.3 is 0 Å². The van der Waals surface area contributed by atoms with E-state index < -0.39 is 0 Å². The molecule has 0 fully saturated rings. The Morgan fingerprint density at radius 3 is 1.93 bits per heavy atom. The Hall–Kier alpha value is -1.18. The lowest BCUT2D eigenvalue weighted by Gasteiger charge is -2.23. The molecule has 0 aliphatic heterocycles. The van der Waals surface area contributed by atoms with Crippen molar-refractivity contribution in [1.29, 1.82) is 0 Å². The highest BCUT2D eigenvalue weighted by atomic mass is 16.3. The third-order valence-electron chi connectivity index (χ3n) is 2.19. The summed E-state index contributed by atoms with van der Waals surface area (Å²) in [6, 6.07) is 7.09. The molecule has 77 valence electrons. The van der Waals surface area contributed by atoms with Crippen molar-refractivity contribution in [3.63, 3.8) is 0 Å². The molecule has 0 heterocycles. The van der Waals surface area contributed by atoms with Crippen molar-refractivity contribution < 1.29 is 5.11 Å². The van der Waals surface area contributed by atoms with Crippen LogP contribution in [-0.2, 0) is 5.11 Å². The van der Waals surface area contributed by atoms with Gasteiger partial charge in [0.1, 0.15) is 0 Å². The Balaban J connectivity index is 2.71. The van der Waals surface area contributed by atoms with Crippen LogP contribution in [-0.4, -0.2) is 13.1 Å². The van der Waals surface area contributed by atoms with Gasteiger partial charge in [-0.05, 0) is 37.1 Å². The lowest BCUT2D eigenvalue weighted by atomic mass is 10.2. The second kappa shape index (κ2) is 5.53. The van der Waals surface area contributed by atoms with Crippen molar-refractivity contribution >= 4 is 5.69 Å². The van der Waals surface area contributed by atoms with Gasteiger partial charge in [0.15, 0.2) is 5.75 Å². The van der Waals surface area contributed by atoms with Crippen LogP contribution in [0.15, 0.2) is 24.3 Å². The van der Waals surface area contributed by atoms with Crippen LogP contribution in [0.4, 0.5) is 5.69 Å². The van der Waals surface area contributed by atoms with Crippen molar-refractivity contribution in [3.8, 4) is 5.75 Å². The third-order valence-corrected chi connectivity index (χ3v) is 2.19. The molecular weight excluding hydrogens is 174 g/mol. The Labute approximate surface area is 86.2 Å². The van der Waals surface area contributed by atoms with Crippen LogP contribution in [0.3, 0.4) is 0 Å². The third kappa shape index (κ3) is 2.95. The number of benzene rings is 1. The first-order valence-corrected chi connectivity index (χ1v) is 5.30. The topological polar surface area (TPSA) is 23.1 Å². The van der Waals surface area contributed by atoms with E-state index in [4.69, 9.17) is 0 Å². The highest BCUT2D eigenvalue weighted by Gasteiger charge is 2.03. The number of rotatable bonds is 5. The Bertz CT molecular complexity index is 250. The van der Waals surface area contributed by atoms with Crippen LogP contribution in [0.1, 0.15) is 26.7 Å². The van der Waals surface area contributed by atoms with E-state index in [1.807, 2.05) is 12.1 Å². The van der Waals surface area contributed by atoms with Gasteiger partial charge in [-0.25, -0.2) is 0 Å². The molecule has 0 N–H and O–H groups in total. The molecule has 0 bridgehead atoms. The zero-order valence-electron chi connectivity index (χ0n) is 8.99. The fourth-order valence-electron chi connectivity index (χ4n) is 1.57. The van der Waals surface area contributed by atoms with Gasteiger partial charge in [0.25, 0.3) is 0 Å². The van der Waals surface area contributed by atoms with Crippen molar-refractivity contribution in [2.24, 2.45) is 0 Å². The van der Waals surface area contributed by atoms with Gasteiger partial charge in [0.05, 0.1) is 0 Å². The minimum atomic E-state index is 0.0849. The summed E-state index contributed by atoms with van der Waals surface area (Å²) in [4.78, 5) is 2.32. The Morgan fingerprint density at radius 2 is 1.50 bits per heavy atom. The molecule has 1 rings (SSSR count). The van der Waals surface area contributed by atoms with Crippen LogP contribution in [0.2, 0.25) is 0 Å². The first-order chi connectivity index (χ1) is 6.77. The smallest absolute Gasteiger partial charge is 0.178 e. The van der Waals surface area contributed by atoms with Crippen molar-refractivity contribution in [1.82, 2.24) is 0 Å². The molecule has 14 heavy (non-hydrogen) atoms. The molecule has 1 aromatic rings. The molecule has 0 atom stereocenters. The fourth-order valence-corrected chi connectivity index (χ4v) is 1.57. The molecule has 2 heteroatoms. The van der Waals surface area contributed by atoms with Crippen LogP contribution >= 0.6 is 0 Å². The van der Waals surface area contributed by atoms with E-state index >= 15 is 0 Å². The second-order valence-electron chi connectivity index (χ2n) is 3.48. The van der Waals surface area contributed by atoms with Crippen LogP contribution in [0.5, 0.6) is 5.75 Å². The molecule has 0 spiro atoms. The standard InChI is InChI=1S/C12H18NO/c1-3-9-13(10-4-2)11-5-7-12(14)8-6-11/h5-8H,3-4,9-10H2,1-2H3. The van der Waals surface area contributed by atoms with Gasteiger partial charge in [-0.3, -0.25) is 5.11 Å². The van der Waals surface area contributed by atoms with Gasteiger partial charge in [0, 0.05) is 18.8 Å². The molecular formula is C12H18NO. The summed E-state index contributed by atoms with van der Waals surface area (Å²) in [5.41, 5.74) is 1.16. The largest absolute Gasteiger partial charge is 0.372 e. The van der Waals surface area contributed by atoms with Crippen molar-refractivity contribution in [2.75, 3.05) is 18.0 Å². The summed E-state index contributed by atoms with van der Waals surface area (Å²) in [6.07, 6.45) is 2.28. The fraction of sp³-hybridized carbons (Fsp3) is 0.500. The van der Waals surface area contributed by atoms with E-state index in [-0.39, 0.29) is 5.75 Å². The van der Waals surface area contributed by atoms with E-state index in [2.05, 4.69) is 18.7 Å². The zero-order valence-corrected chi connectivity index (χ0v) is 8.99. The van der Waals surface area contributed by atoms with E-state index in [0.29, 0.717) is 0 Å². The van der Waals surface area contributed by atoms with Crippen molar-refractivity contribution in [3.05, 3.63) is 24.3 Å². The molecule has 0 unspecified atom stereocenters. The second-order valence-corrected chi connectivity index (χ2v) is 3.48. The van der Waals surface area contributed by atoms with E-state index in [0.717, 1.165) is 31.6 Å². The number of hydrogen-bond acceptors (Lipinski definition) is 1. The Morgan fingerprint density at radius 1 is 1.00 bits per heavy atom. The number of anilines is 1. The predicted molar refractivity (Wildman–Crippen MR) is 59.4 cm³/mol. The number of hydrogen-bond donors (Lipinski definition) is 0. The Kier molecular flexibility index (Phi) is 4.30. The molecule has 1 radical (unpaired) electrons. The molecule has 2 nitrogen and oxygen atoms in total. The van der Waals surface area contributed by atoms with Gasteiger partial charge in [-0.2, -0.15) is 0 Å².